The summed E-state index contributed by atoms with van der Waals surface area (Å²) in [6.45, 7) is 8.03. The van der Waals surface area contributed by atoms with E-state index in [1.165, 1.54) is 5.56 Å². The molecule has 0 aliphatic heterocycles. The third-order valence-corrected chi connectivity index (χ3v) is 3.22. The van der Waals surface area contributed by atoms with E-state index in [0.717, 1.165) is 12.0 Å². The van der Waals surface area contributed by atoms with E-state index in [-0.39, 0.29) is 17.5 Å². The van der Waals surface area contributed by atoms with E-state index in [9.17, 15) is 4.79 Å². The number of benzene rings is 1. The molecule has 0 fully saturated rings. The molecule has 1 amide bonds. The summed E-state index contributed by atoms with van der Waals surface area (Å²) in [5.41, 5.74) is 8.00. The highest BCUT2D eigenvalue weighted by molar-refractivity contribution is 5.76. The fraction of sp³-hybridized carbons (Fsp3) is 0.562. The summed E-state index contributed by atoms with van der Waals surface area (Å²) in [6, 6.07) is 8.40. The monoisotopic (exact) mass is 262 g/mol. The van der Waals surface area contributed by atoms with Crippen molar-refractivity contribution in [2.45, 2.75) is 58.5 Å². The van der Waals surface area contributed by atoms with Gasteiger partial charge in [-0.1, -0.05) is 36.8 Å². The molecule has 3 N–H and O–H groups in total. The minimum Gasteiger partial charge on any atom is -0.349 e. The summed E-state index contributed by atoms with van der Waals surface area (Å²) in [7, 11) is 0. The number of carbonyl (C=O) groups excluding carboxylic acids is 1. The number of nitrogens with one attached hydrogen (secondary N) is 1. The Kier molecular flexibility index (Phi) is 5.55. The number of aryl methyl sites for hydroxylation is 1. The Bertz CT molecular complexity index is 404. The van der Waals surface area contributed by atoms with Crippen molar-refractivity contribution in [3.05, 3.63) is 35.4 Å². The number of hydrogen-bond acceptors (Lipinski definition) is 2. The van der Waals surface area contributed by atoms with Crippen molar-refractivity contribution < 1.29 is 4.79 Å². The molecule has 0 aliphatic carbocycles. The van der Waals surface area contributed by atoms with Crippen LogP contribution in [0.4, 0.5) is 0 Å². The standard InChI is InChI=1S/C16H26N2O/c1-5-14(13-8-6-12(2)7-9-13)18-15(19)10-11-16(3,4)17/h6-9,14H,5,10-11,17H2,1-4H3,(H,18,19). The lowest BCUT2D eigenvalue weighted by Crippen LogP contribution is -2.35. The van der Waals surface area contributed by atoms with Gasteiger partial charge in [-0.05, 0) is 39.2 Å². The lowest BCUT2D eigenvalue weighted by atomic mass is 9.99. The maximum atomic E-state index is 11.9. The Morgan fingerprint density at radius 3 is 2.37 bits per heavy atom. The van der Waals surface area contributed by atoms with E-state index in [1.807, 2.05) is 13.8 Å². The first-order chi connectivity index (χ1) is 8.81. The van der Waals surface area contributed by atoms with E-state index in [2.05, 4.69) is 43.4 Å². The molecule has 1 atom stereocenters. The molecule has 0 heterocycles. The van der Waals surface area contributed by atoms with Gasteiger partial charge in [-0.15, -0.1) is 0 Å². The van der Waals surface area contributed by atoms with Crippen molar-refractivity contribution in [2.75, 3.05) is 0 Å². The molecule has 0 radical (unpaired) electrons. The second-order valence-corrected chi connectivity index (χ2v) is 5.93. The van der Waals surface area contributed by atoms with Gasteiger partial charge < -0.3 is 11.1 Å². The Balaban J connectivity index is 2.57. The molecule has 0 aliphatic rings. The van der Waals surface area contributed by atoms with E-state index >= 15 is 0 Å². The topological polar surface area (TPSA) is 55.1 Å². The second kappa shape index (κ2) is 6.71. The third kappa shape index (κ3) is 5.88. The van der Waals surface area contributed by atoms with E-state index in [4.69, 9.17) is 5.73 Å². The van der Waals surface area contributed by atoms with E-state index in [1.54, 1.807) is 0 Å². The van der Waals surface area contributed by atoms with Gasteiger partial charge in [0.25, 0.3) is 0 Å². The molecule has 3 nitrogen and oxygen atoms in total. The van der Waals surface area contributed by atoms with Crippen molar-refractivity contribution in [1.29, 1.82) is 0 Å². The van der Waals surface area contributed by atoms with Crippen molar-refractivity contribution in [1.82, 2.24) is 5.32 Å². The quantitative estimate of drug-likeness (QED) is 0.827. The summed E-state index contributed by atoms with van der Waals surface area (Å²) >= 11 is 0. The van der Waals surface area contributed by atoms with Crippen LogP contribution in [0.1, 0.15) is 57.2 Å². The molecule has 19 heavy (non-hydrogen) atoms. The highest BCUT2D eigenvalue weighted by Gasteiger charge is 2.16. The number of hydrogen-bond donors (Lipinski definition) is 2. The van der Waals surface area contributed by atoms with Crippen LogP contribution >= 0.6 is 0 Å². The fourth-order valence-corrected chi connectivity index (χ4v) is 1.92. The van der Waals surface area contributed by atoms with Crippen LogP contribution < -0.4 is 11.1 Å². The summed E-state index contributed by atoms with van der Waals surface area (Å²) in [6.07, 6.45) is 2.07. The smallest absolute Gasteiger partial charge is 0.220 e. The number of carbonyl (C=O) groups is 1. The van der Waals surface area contributed by atoms with E-state index < -0.39 is 0 Å². The lowest BCUT2D eigenvalue weighted by Gasteiger charge is -2.21. The van der Waals surface area contributed by atoms with Gasteiger partial charge in [0.05, 0.1) is 6.04 Å². The average Bonchev–Trinajstić information content (AvgIpc) is 2.34. The molecule has 3 heteroatoms. The van der Waals surface area contributed by atoms with Crippen molar-refractivity contribution in [3.8, 4) is 0 Å². The number of rotatable bonds is 6. The molecule has 0 bridgehead atoms. The van der Waals surface area contributed by atoms with Crippen molar-refractivity contribution in [2.24, 2.45) is 5.73 Å². The molecule has 0 saturated heterocycles. The maximum absolute atomic E-state index is 11.9. The molecule has 1 rings (SSSR count). The first kappa shape index (κ1) is 15.7. The van der Waals surface area contributed by atoms with Gasteiger partial charge in [-0.3, -0.25) is 4.79 Å². The van der Waals surface area contributed by atoms with Gasteiger partial charge in [-0.2, -0.15) is 0 Å². The summed E-state index contributed by atoms with van der Waals surface area (Å²) in [5.74, 6) is 0.0750. The van der Waals surface area contributed by atoms with Crippen LogP contribution in [0.15, 0.2) is 24.3 Å². The van der Waals surface area contributed by atoms with Crippen LogP contribution in [-0.4, -0.2) is 11.4 Å². The van der Waals surface area contributed by atoms with Crippen LogP contribution in [0.3, 0.4) is 0 Å². The molecule has 0 saturated carbocycles. The van der Waals surface area contributed by atoms with Gasteiger partial charge in [-0.25, -0.2) is 0 Å². The Hall–Kier alpha value is -1.35. The predicted molar refractivity (Wildman–Crippen MR) is 79.9 cm³/mol. The van der Waals surface area contributed by atoms with E-state index in [0.29, 0.717) is 12.8 Å². The largest absolute Gasteiger partial charge is 0.349 e. The lowest BCUT2D eigenvalue weighted by molar-refractivity contribution is -0.122. The fourth-order valence-electron chi connectivity index (χ4n) is 1.92. The van der Waals surface area contributed by atoms with Crippen LogP contribution in [0.5, 0.6) is 0 Å². The zero-order valence-electron chi connectivity index (χ0n) is 12.5. The minimum atomic E-state index is -0.289. The highest BCUT2D eigenvalue weighted by Crippen LogP contribution is 2.18. The van der Waals surface area contributed by atoms with Gasteiger partial charge >= 0.3 is 0 Å². The minimum absolute atomic E-state index is 0.0750. The van der Waals surface area contributed by atoms with Gasteiger partial charge in [0, 0.05) is 12.0 Å². The zero-order valence-corrected chi connectivity index (χ0v) is 12.5. The molecule has 1 unspecified atom stereocenters. The Morgan fingerprint density at radius 2 is 1.89 bits per heavy atom. The predicted octanol–water partition coefficient (Wildman–Crippen LogP) is 3.08. The number of amides is 1. The molecule has 0 spiro atoms. The molecular weight excluding hydrogens is 236 g/mol. The van der Waals surface area contributed by atoms with Gasteiger partial charge in [0.15, 0.2) is 0 Å². The van der Waals surface area contributed by atoms with Crippen molar-refractivity contribution in [3.63, 3.8) is 0 Å². The molecule has 1 aromatic rings. The highest BCUT2D eigenvalue weighted by atomic mass is 16.1. The van der Waals surface area contributed by atoms with Crippen LogP contribution in [-0.2, 0) is 4.79 Å². The zero-order chi connectivity index (χ0) is 14.5. The summed E-state index contributed by atoms with van der Waals surface area (Å²) < 4.78 is 0. The van der Waals surface area contributed by atoms with Crippen molar-refractivity contribution >= 4 is 5.91 Å². The van der Waals surface area contributed by atoms with Crippen LogP contribution in [0.25, 0.3) is 0 Å². The molecule has 1 aromatic carbocycles. The van der Waals surface area contributed by atoms with Crippen LogP contribution in [0.2, 0.25) is 0 Å². The Morgan fingerprint density at radius 1 is 1.32 bits per heavy atom. The average molecular weight is 262 g/mol. The SMILES string of the molecule is CCC(NC(=O)CCC(C)(C)N)c1ccc(C)cc1. The third-order valence-electron chi connectivity index (χ3n) is 3.22. The summed E-state index contributed by atoms with van der Waals surface area (Å²) in [5, 5.41) is 3.08. The number of nitrogens with two attached hydrogens (primary N) is 1. The van der Waals surface area contributed by atoms with Gasteiger partial charge in [0.1, 0.15) is 0 Å². The first-order valence-electron chi connectivity index (χ1n) is 6.96. The molecule has 0 aromatic heterocycles. The van der Waals surface area contributed by atoms with Crippen LogP contribution in [0, 0.1) is 6.92 Å². The molecule has 106 valence electrons. The Labute approximate surface area is 116 Å². The maximum Gasteiger partial charge on any atom is 0.220 e. The molecular formula is C16H26N2O. The summed E-state index contributed by atoms with van der Waals surface area (Å²) in [4.78, 5) is 11.9. The van der Waals surface area contributed by atoms with Gasteiger partial charge in [0.2, 0.25) is 5.91 Å². The normalized spacial score (nSPS) is 13.1. The first-order valence-corrected chi connectivity index (χ1v) is 6.96. The second-order valence-electron chi connectivity index (χ2n) is 5.93.